The second kappa shape index (κ2) is 7.25. The van der Waals surface area contributed by atoms with E-state index in [0.29, 0.717) is 5.69 Å². The largest absolute Gasteiger partial charge is 0.416 e. The molecule has 0 atom stereocenters. The number of hydrogen-bond acceptors (Lipinski definition) is 3. The second-order valence-corrected chi connectivity index (χ2v) is 5.43. The summed E-state index contributed by atoms with van der Waals surface area (Å²) < 4.78 is 37.5. The second-order valence-electron chi connectivity index (χ2n) is 5.43. The number of carbonyl (C=O) groups excluding carboxylic acids is 2. The van der Waals surface area contributed by atoms with Crippen molar-refractivity contribution in [2.45, 2.75) is 6.18 Å². The topological polar surface area (TPSA) is 61.4 Å². The van der Waals surface area contributed by atoms with Gasteiger partial charge in [-0.3, -0.25) is 9.59 Å². The Bertz CT molecular complexity index is 771. The average Bonchev–Trinajstić information content (AvgIpc) is 2.54. The number of amides is 2. The molecule has 25 heavy (non-hydrogen) atoms. The predicted octanol–water partition coefficient (Wildman–Crippen LogP) is 3.35. The molecule has 0 aromatic heterocycles. The van der Waals surface area contributed by atoms with Gasteiger partial charge >= 0.3 is 18.0 Å². The summed E-state index contributed by atoms with van der Waals surface area (Å²) in [5.41, 5.74) is 0.519. The highest BCUT2D eigenvalue weighted by Crippen LogP contribution is 2.29. The number of nitrogens with zero attached hydrogens (tertiary/aromatic N) is 1. The number of rotatable bonds is 3. The van der Waals surface area contributed by atoms with Crippen molar-refractivity contribution in [3.63, 3.8) is 0 Å². The molecule has 2 amide bonds. The van der Waals surface area contributed by atoms with Crippen molar-refractivity contribution in [1.82, 2.24) is 0 Å². The number of hydrogen-bond donors (Lipinski definition) is 2. The Morgan fingerprint density at radius 1 is 0.880 bits per heavy atom. The number of nitrogens with one attached hydrogen (secondary N) is 2. The van der Waals surface area contributed by atoms with E-state index in [1.54, 1.807) is 18.2 Å². The molecule has 0 aliphatic carbocycles. The summed E-state index contributed by atoms with van der Waals surface area (Å²) in [4.78, 5) is 25.6. The van der Waals surface area contributed by atoms with Gasteiger partial charge in [-0.1, -0.05) is 6.07 Å². The van der Waals surface area contributed by atoms with Gasteiger partial charge in [-0.25, -0.2) is 0 Å². The molecular weight excluding hydrogens is 335 g/mol. The maximum atomic E-state index is 12.5. The number of benzene rings is 2. The fraction of sp³-hybridized carbons (Fsp3) is 0.176. The normalized spacial score (nSPS) is 10.9. The molecule has 2 aromatic rings. The lowest BCUT2D eigenvalue weighted by molar-refractivity contribution is -0.137. The van der Waals surface area contributed by atoms with E-state index in [1.807, 2.05) is 25.1 Å². The fourth-order valence-electron chi connectivity index (χ4n) is 1.98. The van der Waals surface area contributed by atoms with Crippen LogP contribution in [-0.2, 0) is 15.8 Å². The minimum atomic E-state index is -4.46. The van der Waals surface area contributed by atoms with Crippen molar-refractivity contribution in [2.75, 3.05) is 29.6 Å². The van der Waals surface area contributed by atoms with Crippen LogP contribution in [-0.4, -0.2) is 25.9 Å². The quantitative estimate of drug-likeness (QED) is 0.834. The first-order chi connectivity index (χ1) is 11.7. The standard InChI is InChI=1S/C17H16F3N3O2/c1-23(2)14-5-3-4-13(10-14)22-16(25)15(24)21-12-8-6-11(7-9-12)17(18,19)20/h3-10H,1-2H3,(H,21,24)(H,22,25). The van der Waals surface area contributed by atoms with E-state index in [1.165, 1.54) is 0 Å². The summed E-state index contributed by atoms with van der Waals surface area (Å²) in [6.07, 6.45) is -4.46. The van der Waals surface area contributed by atoms with Crippen LogP contribution in [0.3, 0.4) is 0 Å². The third-order valence-electron chi connectivity index (χ3n) is 3.30. The van der Waals surface area contributed by atoms with Gasteiger partial charge in [-0.2, -0.15) is 13.2 Å². The van der Waals surface area contributed by atoms with Gasteiger partial charge in [-0.05, 0) is 42.5 Å². The molecule has 5 nitrogen and oxygen atoms in total. The molecule has 0 heterocycles. The molecule has 132 valence electrons. The molecule has 0 bridgehead atoms. The summed E-state index contributed by atoms with van der Waals surface area (Å²) in [5.74, 6) is -1.90. The zero-order valence-electron chi connectivity index (χ0n) is 13.5. The van der Waals surface area contributed by atoms with Crippen LogP contribution < -0.4 is 15.5 Å². The van der Waals surface area contributed by atoms with E-state index in [-0.39, 0.29) is 5.69 Å². The minimum absolute atomic E-state index is 0.0928. The fourth-order valence-corrected chi connectivity index (χ4v) is 1.98. The molecule has 0 unspecified atom stereocenters. The van der Waals surface area contributed by atoms with Crippen LogP contribution in [0.2, 0.25) is 0 Å². The zero-order chi connectivity index (χ0) is 18.6. The van der Waals surface area contributed by atoms with E-state index in [9.17, 15) is 22.8 Å². The first-order valence-corrected chi connectivity index (χ1v) is 7.24. The number of anilines is 3. The number of alkyl halides is 3. The van der Waals surface area contributed by atoms with Crippen LogP contribution in [0.15, 0.2) is 48.5 Å². The molecule has 0 saturated heterocycles. The van der Waals surface area contributed by atoms with Crippen LogP contribution in [0.5, 0.6) is 0 Å². The van der Waals surface area contributed by atoms with Crippen molar-refractivity contribution < 1.29 is 22.8 Å². The van der Waals surface area contributed by atoms with Crippen molar-refractivity contribution >= 4 is 28.9 Å². The maximum absolute atomic E-state index is 12.5. The van der Waals surface area contributed by atoms with Gasteiger partial charge in [0.25, 0.3) is 0 Å². The molecule has 0 aliphatic heterocycles. The van der Waals surface area contributed by atoms with E-state index < -0.39 is 23.6 Å². The lowest BCUT2D eigenvalue weighted by atomic mass is 10.2. The van der Waals surface area contributed by atoms with Crippen molar-refractivity contribution in [1.29, 1.82) is 0 Å². The van der Waals surface area contributed by atoms with E-state index in [0.717, 1.165) is 30.0 Å². The number of carbonyl (C=O) groups is 2. The van der Waals surface area contributed by atoms with Gasteiger partial charge in [0.2, 0.25) is 0 Å². The third-order valence-corrected chi connectivity index (χ3v) is 3.30. The Kier molecular flexibility index (Phi) is 5.31. The van der Waals surface area contributed by atoms with Crippen molar-refractivity contribution in [3.05, 3.63) is 54.1 Å². The Labute approximate surface area is 142 Å². The Morgan fingerprint density at radius 3 is 1.96 bits per heavy atom. The molecule has 0 fully saturated rings. The molecule has 8 heteroatoms. The van der Waals surface area contributed by atoms with Crippen LogP contribution >= 0.6 is 0 Å². The van der Waals surface area contributed by atoms with Crippen LogP contribution in [0.4, 0.5) is 30.2 Å². The maximum Gasteiger partial charge on any atom is 0.416 e. The summed E-state index contributed by atoms with van der Waals surface area (Å²) in [5, 5.41) is 4.68. The highest BCUT2D eigenvalue weighted by Gasteiger charge is 2.30. The van der Waals surface area contributed by atoms with Gasteiger partial charge in [0.05, 0.1) is 5.56 Å². The summed E-state index contributed by atoms with van der Waals surface area (Å²) in [6, 6.07) is 10.7. The van der Waals surface area contributed by atoms with Gasteiger partial charge in [0, 0.05) is 31.2 Å². The monoisotopic (exact) mass is 351 g/mol. The van der Waals surface area contributed by atoms with E-state index >= 15 is 0 Å². The lowest BCUT2D eigenvalue weighted by Gasteiger charge is -2.14. The summed E-state index contributed by atoms with van der Waals surface area (Å²) >= 11 is 0. The summed E-state index contributed by atoms with van der Waals surface area (Å²) in [6.45, 7) is 0. The Hall–Kier alpha value is -3.03. The van der Waals surface area contributed by atoms with Crippen LogP contribution in [0.25, 0.3) is 0 Å². The lowest BCUT2D eigenvalue weighted by Crippen LogP contribution is -2.29. The van der Waals surface area contributed by atoms with Crippen molar-refractivity contribution in [3.8, 4) is 0 Å². The molecule has 0 radical (unpaired) electrons. The highest BCUT2D eigenvalue weighted by atomic mass is 19.4. The Balaban J connectivity index is 2.01. The van der Waals surface area contributed by atoms with E-state index in [2.05, 4.69) is 10.6 Å². The molecular formula is C17H16F3N3O2. The average molecular weight is 351 g/mol. The Morgan fingerprint density at radius 2 is 1.44 bits per heavy atom. The van der Waals surface area contributed by atoms with Gasteiger partial charge in [0.1, 0.15) is 0 Å². The number of halogens is 3. The van der Waals surface area contributed by atoms with Gasteiger partial charge in [-0.15, -0.1) is 0 Å². The molecule has 0 spiro atoms. The molecule has 2 rings (SSSR count). The zero-order valence-corrected chi connectivity index (χ0v) is 13.5. The van der Waals surface area contributed by atoms with Gasteiger partial charge < -0.3 is 15.5 Å². The smallest absolute Gasteiger partial charge is 0.378 e. The predicted molar refractivity (Wildman–Crippen MR) is 89.5 cm³/mol. The van der Waals surface area contributed by atoms with Crippen LogP contribution in [0, 0.1) is 0 Å². The molecule has 0 aliphatic rings. The molecule has 2 N–H and O–H groups in total. The summed E-state index contributed by atoms with van der Waals surface area (Å²) in [7, 11) is 3.66. The molecule has 2 aromatic carbocycles. The minimum Gasteiger partial charge on any atom is -0.378 e. The van der Waals surface area contributed by atoms with Gasteiger partial charge in [0.15, 0.2) is 0 Å². The van der Waals surface area contributed by atoms with Crippen LogP contribution in [0.1, 0.15) is 5.56 Å². The molecule has 0 saturated carbocycles. The first-order valence-electron chi connectivity index (χ1n) is 7.24. The van der Waals surface area contributed by atoms with Crippen molar-refractivity contribution in [2.24, 2.45) is 0 Å². The SMILES string of the molecule is CN(C)c1cccc(NC(=O)C(=O)Nc2ccc(C(F)(F)F)cc2)c1. The first kappa shape index (κ1) is 18.3. The third kappa shape index (κ3) is 4.97. The highest BCUT2D eigenvalue weighted by molar-refractivity contribution is 6.43. The van der Waals surface area contributed by atoms with E-state index in [4.69, 9.17) is 0 Å².